The molecule has 16 heavy (non-hydrogen) atoms. The van der Waals surface area contributed by atoms with Crippen LogP contribution in [0.25, 0.3) is 0 Å². The molecule has 0 amide bonds. The Morgan fingerprint density at radius 1 is 1.00 bits per heavy atom. The highest BCUT2D eigenvalue weighted by atomic mass is 16.5. The molecule has 0 bridgehead atoms. The van der Waals surface area contributed by atoms with E-state index in [4.69, 9.17) is 19.7 Å². The van der Waals surface area contributed by atoms with Crippen molar-refractivity contribution in [3.05, 3.63) is 0 Å². The van der Waals surface area contributed by atoms with E-state index in [0.717, 1.165) is 0 Å². The fourth-order valence-corrected chi connectivity index (χ4v) is 0.659. The third-order valence-electron chi connectivity index (χ3n) is 1.32. The van der Waals surface area contributed by atoms with Crippen LogP contribution in [0, 0.1) is 0 Å². The molecule has 2 atom stereocenters. The predicted molar refractivity (Wildman–Crippen MR) is 65.6 cm³/mol. The van der Waals surface area contributed by atoms with Gasteiger partial charge in [0.15, 0.2) is 0 Å². The van der Waals surface area contributed by atoms with E-state index in [-0.39, 0.29) is 17.8 Å². The lowest BCUT2D eigenvalue weighted by molar-refractivity contribution is -0.0436. The van der Waals surface area contributed by atoms with Crippen molar-refractivity contribution < 1.29 is 19.7 Å². The van der Waals surface area contributed by atoms with Crippen molar-refractivity contribution in [2.24, 2.45) is 0 Å². The van der Waals surface area contributed by atoms with Gasteiger partial charge in [-0.1, -0.05) is 0 Å². The number of aliphatic hydroxyl groups excluding tert-OH is 2. The zero-order valence-corrected chi connectivity index (χ0v) is 11.5. The van der Waals surface area contributed by atoms with E-state index in [2.05, 4.69) is 0 Å². The van der Waals surface area contributed by atoms with E-state index in [1.54, 1.807) is 13.8 Å². The van der Waals surface area contributed by atoms with Crippen LogP contribution in [-0.2, 0) is 9.47 Å². The monoisotopic (exact) mass is 236 g/mol. The molecule has 0 rings (SSSR count). The van der Waals surface area contributed by atoms with Crippen molar-refractivity contribution in [3.8, 4) is 0 Å². The van der Waals surface area contributed by atoms with Crippen LogP contribution in [0.3, 0.4) is 0 Å². The molecule has 100 valence electrons. The number of hydrogen-bond acceptors (Lipinski definition) is 4. The molecular formula is C12H28O4. The summed E-state index contributed by atoms with van der Waals surface area (Å²) >= 11 is 0. The van der Waals surface area contributed by atoms with Crippen LogP contribution in [0.1, 0.15) is 41.5 Å². The topological polar surface area (TPSA) is 58.9 Å². The first-order valence-corrected chi connectivity index (χ1v) is 5.76. The summed E-state index contributed by atoms with van der Waals surface area (Å²) in [6.07, 6.45) is -0.677. The Labute approximate surface area is 99.6 Å². The number of hydrogen-bond donors (Lipinski definition) is 2. The smallest absolute Gasteiger partial charge is 0.0745 e. The summed E-state index contributed by atoms with van der Waals surface area (Å²) in [7, 11) is 0. The SMILES string of the molecule is CC(O)COC(C)(C)C.CCOCC(C)O. The van der Waals surface area contributed by atoms with Crippen molar-refractivity contribution in [2.45, 2.75) is 59.4 Å². The molecule has 0 spiro atoms. The summed E-state index contributed by atoms with van der Waals surface area (Å²) in [5, 5.41) is 17.3. The highest BCUT2D eigenvalue weighted by Gasteiger charge is 2.10. The van der Waals surface area contributed by atoms with Gasteiger partial charge in [0.2, 0.25) is 0 Å². The second kappa shape index (κ2) is 10.0. The van der Waals surface area contributed by atoms with Gasteiger partial charge in [-0.2, -0.15) is 0 Å². The second-order valence-corrected chi connectivity index (χ2v) is 4.78. The molecule has 0 aromatic heterocycles. The zero-order valence-electron chi connectivity index (χ0n) is 11.5. The van der Waals surface area contributed by atoms with Gasteiger partial charge in [0.1, 0.15) is 0 Å². The normalized spacial score (nSPS) is 15.0. The van der Waals surface area contributed by atoms with Gasteiger partial charge in [-0.3, -0.25) is 0 Å². The molecule has 0 saturated heterocycles. The Kier molecular flexibility index (Phi) is 11.4. The summed E-state index contributed by atoms with van der Waals surface area (Å²) in [5.41, 5.74) is -0.128. The summed E-state index contributed by atoms with van der Waals surface area (Å²) < 4.78 is 10.1. The van der Waals surface area contributed by atoms with Crippen LogP contribution in [0.4, 0.5) is 0 Å². The minimum Gasteiger partial charge on any atom is -0.391 e. The summed E-state index contributed by atoms with van der Waals surface area (Å²) in [5.74, 6) is 0. The molecular weight excluding hydrogens is 208 g/mol. The molecule has 4 heteroatoms. The van der Waals surface area contributed by atoms with E-state index >= 15 is 0 Å². The maximum absolute atomic E-state index is 8.79. The lowest BCUT2D eigenvalue weighted by Crippen LogP contribution is -2.24. The van der Waals surface area contributed by atoms with Gasteiger partial charge in [0, 0.05) is 6.61 Å². The Morgan fingerprint density at radius 2 is 1.44 bits per heavy atom. The Hall–Kier alpha value is -0.160. The van der Waals surface area contributed by atoms with E-state index in [0.29, 0.717) is 19.8 Å². The Morgan fingerprint density at radius 3 is 1.56 bits per heavy atom. The first kappa shape index (κ1) is 18.2. The molecule has 0 fully saturated rings. The van der Waals surface area contributed by atoms with Crippen molar-refractivity contribution in [1.82, 2.24) is 0 Å². The minimum atomic E-state index is -0.357. The van der Waals surface area contributed by atoms with Gasteiger partial charge >= 0.3 is 0 Å². The van der Waals surface area contributed by atoms with Crippen LogP contribution in [0.15, 0.2) is 0 Å². The molecule has 0 aromatic rings. The van der Waals surface area contributed by atoms with Crippen LogP contribution in [0.2, 0.25) is 0 Å². The second-order valence-electron chi connectivity index (χ2n) is 4.78. The molecule has 0 heterocycles. The van der Waals surface area contributed by atoms with E-state index in [1.807, 2.05) is 27.7 Å². The molecule has 4 nitrogen and oxygen atoms in total. The van der Waals surface area contributed by atoms with Gasteiger partial charge in [0.05, 0.1) is 31.0 Å². The average Bonchev–Trinajstić information content (AvgIpc) is 2.11. The molecule has 0 aromatic carbocycles. The third-order valence-corrected chi connectivity index (χ3v) is 1.32. The largest absolute Gasteiger partial charge is 0.391 e. The van der Waals surface area contributed by atoms with Crippen LogP contribution < -0.4 is 0 Å². The Bertz CT molecular complexity index is 138. The average molecular weight is 236 g/mol. The van der Waals surface area contributed by atoms with Crippen LogP contribution in [0.5, 0.6) is 0 Å². The van der Waals surface area contributed by atoms with Crippen molar-refractivity contribution in [3.63, 3.8) is 0 Å². The van der Waals surface area contributed by atoms with Gasteiger partial charge in [0.25, 0.3) is 0 Å². The lowest BCUT2D eigenvalue weighted by atomic mass is 10.2. The fourth-order valence-electron chi connectivity index (χ4n) is 0.659. The minimum absolute atomic E-state index is 0.128. The molecule has 0 aliphatic carbocycles. The molecule has 0 saturated carbocycles. The Balaban J connectivity index is 0. The predicted octanol–water partition coefficient (Wildman–Crippen LogP) is 1.59. The standard InChI is InChI=1S/C7H16O2.C5H12O2/c1-6(8)5-9-7(2,3)4;1-3-7-4-5(2)6/h6,8H,5H2,1-4H3;5-6H,3-4H2,1-2H3. The summed E-state index contributed by atoms with van der Waals surface area (Å²) in [6, 6.07) is 0. The van der Waals surface area contributed by atoms with Crippen molar-refractivity contribution in [2.75, 3.05) is 19.8 Å². The number of aliphatic hydroxyl groups is 2. The molecule has 0 radical (unpaired) electrons. The van der Waals surface area contributed by atoms with Gasteiger partial charge in [-0.15, -0.1) is 0 Å². The molecule has 0 aliphatic heterocycles. The van der Waals surface area contributed by atoms with E-state index in [9.17, 15) is 0 Å². The molecule has 0 aliphatic rings. The number of ether oxygens (including phenoxy) is 2. The van der Waals surface area contributed by atoms with Crippen LogP contribution in [-0.4, -0.2) is 47.8 Å². The highest BCUT2D eigenvalue weighted by molar-refractivity contribution is 4.59. The third kappa shape index (κ3) is 23.6. The van der Waals surface area contributed by atoms with E-state index < -0.39 is 0 Å². The summed E-state index contributed by atoms with van der Waals surface area (Å²) in [4.78, 5) is 0. The molecule has 2 N–H and O–H groups in total. The first-order chi connectivity index (χ1) is 7.19. The van der Waals surface area contributed by atoms with Gasteiger partial charge in [-0.25, -0.2) is 0 Å². The van der Waals surface area contributed by atoms with Gasteiger partial charge < -0.3 is 19.7 Å². The molecule has 2 unspecified atom stereocenters. The van der Waals surface area contributed by atoms with Gasteiger partial charge in [-0.05, 0) is 41.5 Å². The first-order valence-electron chi connectivity index (χ1n) is 5.76. The highest BCUT2D eigenvalue weighted by Crippen LogP contribution is 2.06. The fraction of sp³-hybridized carbons (Fsp3) is 1.00. The van der Waals surface area contributed by atoms with Crippen molar-refractivity contribution >= 4 is 0 Å². The lowest BCUT2D eigenvalue weighted by Gasteiger charge is -2.20. The quantitative estimate of drug-likeness (QED) is 0.761. The van der Waals surface area contributed by atoms with Crippen molar-refractivity contribution in [1.29, 1.82) is 0 Å². The van der Waals surface area contributed by atoms with Crippen LogP contribution >= 0.6 is 0 Å². The summed E-state index contributed by atoms with van der Waals surface area (Å²) in [6.45, 7) is 12.8. The number of rotatable bonds is 5. The maximum atomic E-state index is 8.79. The maximum Gasteiger partial charge on any atom is 0.0745 e. The van der Waals surface area contributed by atoms with E-state index in [1.165, 1.54) is 0 Å². The zero-order chi connectivity index (χ0) is 13.2.